The third-order valence-electron chi connectivity index (χ3n) is 3.26. The smallest absolute Gasteiger partial charge is 0.166 e. The Morgan fingerprint density at radius 1 is 1.00 bits per heavy atom. The molecule has 5 heteroatoms. The first-order valence-electron chi connectivity index (χ1n) is 7.58. The highest BCUT2D eigenvalue weighted by molar-refractivity contribution is 7.80. The van der Waals surface area contributed by atoms with Gasteiger partial charge in [-0.2, -0.15) is 0 Å². The van der Waals surface area contributed by atoms with Gasteiger partial charge in [-0.25, -0.2) is 0 Å². The molecular formula is C18H22N2O2S. The average Bonchev–Trinajstić information content (AvgIpc) is 2.59. The van der Waals surface area contributed by atoms with E-state index in [1.54, 1.807) is 7.11 Å². The Labute approximate surface area is 142 Å². The lowest BCUT2D eigenvalue weighted by molar-refractivity contribution is 0.284. The van der Waals surface area contributed by atoms with Crippen LogP contribution in [0.15, 0.2) is 48.5 Å². The molecule has 0 aromatic heterocycles. The van der Waals surface area contributed by atoms with E-state index in [-0.39, 0.29) is 0 Å². The van der Waals surface area contributed by atoms with E-state index in [1.807, 2.05) is 55.5 Å². The number of methoxy groups -OCH3 is 1. The van der Waals surface area contributed by atoms with Gasteiger partial charge >= 0.3 is 0 Å². The molecule has 0 amide bonds. The van der Waals surface area contributed by atoms with Gasteiger partial charge in [-0.15, -0.1) is 0 Å². The Hall–Kier alpha value is -2.27. The van der Waals surface area contributed by atoms with E-state index >= 15 is 0 Å². The van der Waals surface area contributed by atoms with Crippen molar-refractivity contribution in [3.63, 3.8) is 0 Å². The van der Waals surface area contributed by atoms with Crippen molar-refractivity contribution in [2.75, 3.05) is 13.7 Å². The quantitative estimate of drug-likeness (QED) is 0.763. The maximum atomic E-state index is 5.85. The van der Waals surface area contributed by atoms with Crippen molar-refractivity contribution in [2.24, 2.45) is 0 Å². The summed E-state index contributed by atoms with van der Waals surface area (Å²) < 4.78 is 11.3. The van der Waals surface area contributed by atoms with Crippen LogP contribution in [0.4, 0.5) is 0 Å². The zero-order valence-corrected chi connectivity index (χ0v) is 14.3. The maximum Gasteiger partial charge on any atom is 0.166 e. The van der Waals surface area contributed by atoms with Gasteiger partial charge in [-0.1, -0.05) is 36.4 Å². The van der Waals surface area contributed by atoms with Crippen molar-refractivity contribution < 1.29 is 9.47 Å². The molecule has 2 aromatic rings. The second-order valence-corrected chi connectivity index (χ2v) is 5.38. The van der Waals surface area contributed by atoms with Gasteiger partial charge in [0.1, 0.15) is 6.61 Å². The van der Waals surface area contributed by atoms with Gasteiger partial charge in [0, 0.05) is 13.1 Å². The number of benzene rings is 2. The minimum atomic E-state index is 0.513. The van der Waals surface area contributed by atoms with Crippen LogP contribution in [0.5, 0.6) is 11.5 Å². The first-order chi connectivity index (χ1) is 11.2. The molecule has 0 heterocycles. The monoisotopic (exact) mass is 330 g/mol. The highest BCUT2D eigenvalue weighted by Gasteiger charge is 2.06. The molecule has 0 aliphatic heterocycles. The van der Waals surface area contributed by atoms with Crippen LogP contribution in [0.3, 0.4) is 0 Å². The molecule has 23 heavy (non-hydrogen) atoms. The summed E-state index contributed by atoms with van der Waals surface area (Å²) in [5, 5.41) is 6.86. The summed E-state index contributed by atoms with van der Waals surface area (Å²) in [7, 11) is 1.64. The fourth-order valence-corrected chi connectivity index (χ4v) is 2.30. The molecule has 0 unspecified atom stereocenters. The molecule has 2 aromatic carbocycles. The molecule has 122 valence electrons. The second kappa shape index (κ2) is 9.00. The van der Waals surface area contributed by atoms with E-state index in [1.165, 1.54) is 0 Å². The maximum absolute atomic E-state index is 5.85. The fraction of sp³-hybridized carbons (Fsp3) is 0.278. The molecule has 0 aliphatic rings. The van der Waals surface area contributed by atoms with Crippen molar-refractivity contribution in [2.45, 2.75) is 20.1 Å². The van der Waals surface area contributed by atoms with Crippen LogP contribution in [-0.2, 0) is 13.2 Å². The van der Waals surface area contributed by atoms with E-state index < -0.39 is 0 Å². The summed E-state index contributed by atoms with van der Waals surface area (Å²) in [6, 6.07) is 15.9. The SMILES string of the molecule is CCNC(=S)NCc1ccc(OCc2ccccc2)c(OC)c1. The minimum absolute atomic E-state index is 0.513. The first-order valence-corrected chi connectivity index (χ1v) is 7.99. The van der Waals surface area contributed by atoms with Crippen LogP contribution in [0.25, 0.3) is 0 Å². The molecule has 2 N–H and O–H groups in total. The van der Waals surface area contributed by atoms with Crippen LogP contribution in [0, 0.1) is 0 Å². The highest BCUT2D eigenvalue weighted by Crippen LogP contribution is 2.28. The van der Waals surface area contributed by atoms with Crippen LogP contribution >= 0.6 is 12.2 Å². The van der Waals surface area contributed by atoms with Crippen LogP contribution in [-0.4, -0.2) is 18.8 Å². The lowest BCUT2D eigenvalue weighted by Crippen LogP contribution is -2.34. The van der Waals surface area contributed by atoms with Crippen molar-refractivity contribution >= 4 is 17.3 Å². The lowest BCUT2D eigenvalue weighted by atomic mass is 10.2. The van der Waals surface area contributed by atoms with E-state index in [0.29, 0.717) is 18.3 Å². The summed E-state index contributed by atoms with van der Waals surface area (Å²) in [6.45, 7) is 3.97. The van der Waals surface area contributed by atoms with Gasteiger partial charge in [0.05, 0.1) is 7.11 Å². The molecule has 0 saturated carbocycles. The topological polar surface area (TPSA) is 42.5 Å². The standard InChI is InChI=1S/C18H22N2O2S/c1-3-19-18(23)20-12-15-9-10-16(17(11-15)21-2)22-13-14-7-5-4-6-8-14/h4-11H,3,12-13H2,1-2H3,(H2,19,20,23). The summed E-state index contributed by atoms with van der Waals surface area (Å²) >= 11 is 5.16. The molecule has 0 radical (unpaired) electrons. The fourth-order valence-electron chi connectivity index (χ4n) is 2.08. The first kappa shape index (κ1) is 17.1. The molecule has 0 fully saturated rings. The van der Waals surface area contributed by atoms with Crippen LogP contribution in [0.2, 0.25) is 0 Å². The number of hydrogen-bond donors (Lipinski definition) is 2. The zero-order chi connectivity index (χ0) is 16.5. The summed E-state index contributed by atoms with van der Waals surface area (Å²) in [5.74, 6) is 1.45. The number of nitrogens with one attached hydrogen (secondary N) is 2. The predicted octanol–water partition coefficient (Wildman–Crippen LogP) is 3.26. The Kier molecular flexibility index (Phi) is 6.69. The van der Waals surface area contributed by atoms with E-state index in [2.05, 4.69) is 10.6 Å². The van der Waals surface area contributed by atoms with Crippen molar-refractivity contribution in [1.29, 1.82) is 0 Å². The molecule has 2 rings (SSSR count). The van der Waals surface area contributed by atoms with Gasteiger partial charge in [0.2, 0.25) is 0 Å². The van der Waals surface area contributed by atoms with Crippen molar-refractivity contribution in [3.8, 4) is 11.5 Å². The van der Waals surface area contributed by atoms with Gasteiger partial charge < -0.3 is 20.1 Å². The van der Waals surface area contributed by atoms with Gasteiger partial charge in [-0.3, -0.25) is 0 Å². The van der Waals surface area contributed by atoms with Gasteiger partial charge in [0.25, 0.3) is 0 Å². The molecule has 0 saturated heterocycles. The Morgan fingerprint density at radius 2 is 1.78 bits per heavy atom. The third-order valence-corrected chi connectivity index (χ3v) is 3.54. The largest absolute Gasteiger partial charge is 0.493 e. The Morgan fingerprint density at radius 3 is 2.48 bits per heavy atom. The number of hydrogen-bond acceptors (Lipinski definition) is 3. The zero-order valence-electron chi connectivity index (χ0n) is 13.5. The summed E-state index contributed by atoms with van der Waals surface area (Å²) in [5.41, 5.74) is 2.20. The van der Waals surface area contributed by atoms with E-state index in [9.17, 15) is 0 Å². The van der Waals surface area contributed by atoms with E-state index in [4.69, 9.17) is 21.7 Å². The van der Waals surface area contributed by atoms with Crippen LogP contribution < -0.4 is 20.1 Å². The molecule has 4 nitrogen and oxygen atoms in total. The molecular weight excluding hydrogens is 308 g/mol. The van der Waals surface area contributed by atoms with E-state index in [0.717, 1.165) is 29.2 Å². The van der Waals surface area contributed by atoms with Crippen molar-refractivity contribution in [1.82, 2.24) is 10.6 Å². The van der Waals surface area contributed by atoms with Crippen molar-refractivity contribution in [3.05, 3.63) is 59.7 Å². The van der Waals surface area contributed by atoms with Crippen LogP contribution in [0.1, 0.15) is 18.1 Å². The molecule has 0 atom stereocenters. The summed E-state index contributed by atoms with van der Waals surface area (Å²) in [4.78, 5) is 0. The number of ether oxygens (including phenoxy) is 2. The Bertz CT molecular complexity index is 632. The highest BCUT2D eigenvalue weighted by atomic mass is 32.1. The predicted molar refractivity (Wildman–Crippen MR) is 96.9 cm³/mol. The minimum Gasteiger partial charge on any atom is -0.493 e. The molecule has 0 spiro atoms. The second-order valence-electron chi connectivity index (χ2n) is 4.97. The third kappa shape index (κ3) is 5.45. The molecule has 0 aliphatic carbocycles. The normalized spacial score (nSPS) is 10.0. The summed E-state index contributed by atoms with van der Waals surface area (Å²) in [6.07, 6.45) is 0. The molecule has 0 bridgehead atoms. The Balaban J connectivity index is 1.97. The average molecular weight is 330 g/mol. The lowest BCUT2D eigenvalue weighted by Gasteiger charge is -2.13. The van der Waals surface area contributed by atoms with Gasteiger partial charge in [-0.05, 0) is 42.4 Å². The number of thiocarbonyl (C=S) groups is 1. The van der Waals surface area contributed by atoms with Gasteiger partial charge in [0.15, 0.2) is 16.6 Å². The number of rotatable bonds is 7.